The number of hydrogen-bond donors (Lipinski definition) is 1. The number of carbonyl (C=O) groups is 1. The van der Waals surface area contributed by atoms with Gasteiger partial charge in [0.25, 0.3) is 0 Å². The lowest BCUT2D eigenvalue weighted by Gasteiger charge is -2.22. The predicted octanol–water partition coefficient (Wildman–Crippen LogP) is 2.09. The van der Waals surface area contributed by atoms with E-state index in [0.717, 1.165) is 5.56 Å². The Kier molecular flexibility index (Phi) is 4.70. The number of likely N-dealkylation sites (N-methyl/N-ethyl adjacent to an activating group) is 1. The molecule has 2 rings (SSSR count). The number of anilines is 1. The lowest BCUT2D eigenvalue weighted by molar-refractivity contribution is -0.119. The van der Waals surface area contributed by atoms with Gasteiger partial charge >= 0.3 is 0 Å². The molecule has 0 heterocycles. The van der Waals surface area contributed by atoms with E-state index in [1.165, 1.54) is 4.90 Å². The van der Waals surface area contributed by atoms with Gasteiger partial charge in [-0.15, -0.1) is 0 Å². The van der Waals surface area contributed by atoms with Crippen molar-refractivity contribution in [3.8, 4) is 6.07 Å². The Hall–Kier alpha value is -2.64. The zero-order valence-electron chi connectivity index (χ0n) is 11.9. The molecule has 2 N–H and O–H groups in total. The van der Waals surface area contributed by atoms with Gasteiger partial charge < -0.3 is 10.6 Å². The molecule has 0 bridgehead atoms. The SMILES string of the molecule is CN(C(=O)C(N)Cc1ccccc1)c1ccccc1C#N. The van der Waals surface area contributed by atoms with Crippen LogP contribution in [0.5, 0.6) is 0 Å². The maximum atomic E-state index is 12.4. The Bertz CT molecular complexity index is 661. The number of nitrogens with two attached hydrogens (primary N) is 1. The zero-order chi connectivity index (χ0) is 15.2. The van der Waals surface area contributed by atoms with Gasteiger partial charge in [0.2, 0.25) is 5.91 Å². The van der Waals surface area contributed by atoms with Crippen LogP contribution in [0.3, 0.4) is 0 Å². The summed E-state index contributed by atoms with van der Waals surface area (Å²) in [4.78, 5) is 13.9. The van der Waals surface area contributed by atoms with Gasteiger partial charge in [-0.25, -0.2) is 0 Å². The molecule has 1 unspecified atom stereocenters. The number of benzene rings is 2. The minimum atomic E-state index is -0.635. The Balaban J connectivity index is 2.14. The van der Waals surface area contributed by atoms with E-state index in [2.05, 4.69) is 6.07 Å². The monoisotopic (exact) mass is 279 g/mol. The van der Waals surface area contributed by atoms with E-state index in [0.29, 0.717) is 17.7 Å². The van der Waals surface area contributed by atoms with Crippen LogP contribution >= 0.6 is 0 Å². The lowest BCUT2D eigenvalue weighted by atomic mass is 10.1. The van der Waals surface area contributed by atoms with Gasteiger partial charge in [0.1, 0.15) is 6.07 Å². The molecule has 0 saturated carbocycles. The largest absolute Gasteiger partial charge is 0.320 e. The van der Waals surface area contributed by atoms with Crippen molar-refractivity contribution >= 4 is 11.6 Å². The second-order valence-electron chi connectivity index (χ2n) is 4.82. The standard InChI is InChI=1S/C17H17N3O/c1-20(16-10-6-5-9-14(16)12-18)17(21)15(19)11-13-7-3-2-4-8-13/h2-10,15H,11,19H2,1H3. The van der Waals surface area contributed by atoms with Crippen molar-refractivity contribution in [2.24, 2.45) is 5.73 Å². The fraction of sp³-hybridized carbons (Fsp3) is 0.176. The van der Waals surface area contributed by atoms with E-state index >= 15 is 0 Å². The van der Waals surface area contributed by atoms with Crippen LogP contribution in [0.2, 0.25) is 0 Å². The van der Waals surface area contributed by atoms with Crippen LogP contribution in [0.15, 0.2) is 54.6 Å². The molecule has 1 atom stereocenters. The molecular formula is C17H17N3O. The molecule has 1 amide bonds. The first-order valence-corrected chi connectivity index (χ1v) is 6.69. The summed E-state index contributed by atoms with van der Waals surface area (Å²) in [7, 11) is 1.64. The predicted molar refractivity (Wildman–Crippen MR) is 82.7 cm³/mol. The average molecular weight is 279 g/mol. The van der Waals surface area contributed by atoms with E-state index in [-0.39, 0.29) is 5.91 Å². The fourth-order valence-electron chi connectivity index (χ4n) is 2.18. The van der Waals surface area contributed by atoms with E-state index in [9.17, 15) is 4.79 Å². The van der Waals surface area contributed by atoms with Gasteiger partial charge in [0, 0.05) is 7.05 Å². The van der Waals surface area contributed by atoms with Gasteiger partial charge in [-0.05, 0) is 24.1 Å². The van der Waals surface area contributed by atoms with Crippen molar-refractivity contribution in [3.63, 3.8) is 0 Å². The van der Waals surface area contributed by atoms with Gasteiger partial charge in [-0.2, -0.15) is 5.26 Å². The first-order chi connectivity index (χ1) is 10.1. The molecule has 0 aromatic heterocycles. The van der Waals surface area contributed by atoms with Crippen molar-refractivity contribution in [1.29, 1.82) is 5.26 Å². The first-order valence-electron chi connectivity index (χ1n) is 6.69. The highest BCUT2D eigenvalue weighted by molar-refractivity contribution is 5.97. The minimum Gasteiger partial charge on any atom is -0.320 e. The molecule has 0 spiro atoms. The summed E-state index contributed by atoms with van der Waals surface area (Å²) in [5.41, 5.74) is 8.05. The summed E-state index contributed by atoms with van der Waals surface area (Å²) in [6.07, 6.45) is 0.471. The van der Waals surface area contributed by atoms with E-state index in [4.69, 9.17) is 11.0 Å². The van der Waals surface area contributed by atoms with Gasteiger partial charge in [-0.3, -0.25) is 4.79 Å². The normalized spacial score (nSPS) is 11.5. The maximum Gasteiger partial charge on any atom is 0.244 e. The molecule has 2 aromatic carbocycles. The first kappa shape index (κ1) is 14.8. The summed E-state index contributed by atoms with van der Waals surface area (Å²) in [5.74, 6) is -0.207. The van der Waals surface area contributed by atoms with Crippen LogP contribution in [0, 0.1) is 11.3 Å². The Morgan fingerprint density at radius 1 is 1.19 bits per heavy atom. The number of nitrogens with zero attached hydrogens (tertiary/aromatic N) is 2. The number of nitriles is 1. The van der Waals surface area contributed by atoms with E-state index in [1.807, 2.05) is 30.3 Å². The Labute approximate surface area is 124 Å². The molecule has 0 aliphatic heterocycles. The van der Waals surface area contributed by atoms with Crippen molar-refractivity contribution in [2.45, 2.75) is 12.5 Å². The highest BCUT2D eigenvalue weighted by Gasteiger charge is 2.21. The van der Waals surface area contributed by atoms with Crippen LogP contribution in [0.4, 0.5) is 5.69 Å². The molecule has 4 nitrogen and oxygen atoms in total. The Morgan fingerprint density at radius 3 is 2.48 bits per heavy atom. The molecule has 106 valence electrons. The summed E-state index contributed by atoms with van der Waals surface area (Å²) in [6, 6.07) is 18.1. The van der Waals surface area contributed by atoms with Crippen LogP contribution in [-0.2, 0) is 11.2 Å². The van der Waals surface area contributed by atoms with Crippen LogP contribution in [-0.4, -0.2) is 19.0 Å². The second-order valence-corrected chi connectivity index (χ2v) is 4.82. The summed E-state index contributed by atoms with van der Waals surface area (Å²) in [6.45, 7) is 0. The van der Waals surface area contributed by atoms with Crippen molar-refractivity contribution in [3.05, 3.63) is 65.7 Å². The third-order valence-electron chi connectivity index (χ3n) is 3.33. The topological polar surface area (TPSA) is 70.1 Å². The quantitative estimate of drug-likeness (QED) is 0.931. The van der Waals surface area contributed by atoms with Crippen molar-refractivity contribution in [1.82, 2.24) is 0 Å². The molecule has 0 aliphatic rings. The highest BCUT2D eigenvalue weighted by atomic mass is 16.2. The van der Waals surface area contributed by atoms with Crippen LogP contribution < -0.4 is 10.6 Å². The molecular weight excluding hydrogens is 262 g/mol. The molecule has 0 fully saturated rings. The number of hydrogen-bond acceptors (Lipinski definition) is 3. The van der Waals surface area contributed by atoms with Crippen LogP contribution in [0.25, 0.3) is 0 Å². The van der Waals surface area contributed by atoms with Crippen molar-refractivity contribution < 1.29 is 4.79 Å². The molecule has 2 aromatic rings. The molecule has 0 aliphatic carbocycles. The third kappa shape index (κ3) is 3.47. The summed E-state index contributed by atoms with van der Waals surface area (Å²) in [5, 5.41) is 9.10. The summed E-state index contributed by atoms with van der Waals surface area (Å²) < 4.78 is 0. The van der Waals surface area contributed by atoms with E-state index in [1.54, 1.807) is 31.3 Å². The number of amides is 1. The molecule has 4 heteroatoms. The third-order valence-corrected chi connectivity index (χ3v) is 3.33. The molecule has 0 radical (unpaired) electrons. The summed E-state index contributed by atoms with van der Waals surface area (Å²) >= 11 is 0. The zero-order valence-corrected chi connectivity index (χ0v) is 11.9. The highest BCUT2D eigenvalue weighted by Crippen LogP contribution is 2.19. The van der Waals surface area contributed by atoms with Gasteiger partial charge in [0.15, 0.2) is 0 Å². The maximum absolute atomic E-state index is 12.4. The van der Waals surface area contributed by atoms with Gasteiger partial charge in [-0.1, -0.05) is 42.5 Å². The number of rotatable bonds is 4. The van der Waals surface area contributed by atoms with Crippen LogP contribution in [0.1, 0.15) is 11.1 Å². The fourth-order valence-corrected chi connectivity index (χ4v) is 2.18. The van der Waals surface area contributed by atoms with E-state index < -0.39 is 6.04 Å². The lowest BCUT2D eigenvalue weighted by Crippen LogP contribution is -2.43. The van der Waals surface area contributed by atoms with Crippen molar-refractivity contribution in [2.75, 3.05) is 11.9 Å². The average Bonchev–Trinajstić information content (AvgIpc) is 2.54. The second kappa shape index (κ2) is 6.69. The van der Waals surface area contributed by atoms with Gasteiger partial charge in [0.05, 0.1) is 17.3 Å². The smallest absolute Gasteiger partial charge is 0.244 e. The number of para-hydroxylation sites is 1. The number of carbonyl (C=O) groups excluding carboxylic acids is 1. The minimum absolute atomic E-state index is 0.207. The Morgan fingerprint density at radius 2 is 1.81 bits per heavy atom. The molecule has 21 heavy (non-hydrogen) atoms. The molecule has 0 saturated heterocycles.